The molecule has 0 atom stereocenters. The van der Waals surface area contributed by atoms with E-state index in [0.717, 1.165) is 0 Å². The first kappa shape index (κ1) is 14.3. The van der Waals surface area contributed by atoms with Crippen LogP contribution in [0.2, 0.25) is 5.02 Å². The van der Waals surface area contributed by atoms with E-state index in [2.05, 4.69) is 5.10 Å². The summed E-state index contributed by atoms with van der Waals surface area (Å²) in [6.07, 6.45) is 0. The summed E-state index contributed by atoms with van der Waals surface area (Å²) in [5.74, 6) is 0.246. The summed E-state index contributed by atoms with van der Waals surface area (Å²) in [4.78, 5) is 10.4. The molecule has 0 unspecified atom stereocenters. The minimum atomic E-state index is -0.562. The topological polar surface area (TPSA) is 90.4 Å². The molecule has 2 rings (SSSR count). The number of nitrogens with zero attached hydrogens (tertiary/aromatic N) is 3. The van der Waals surface area contributed by atoms with E-state index in [1.807, 2.05) is 0 Å². The number of nitro benzene ring substituents is 1. The van der Waals surface area contributed by atoms with Crippen LogP contribution in [0.25, 0.3) is 0 Å². The summed E-state index contributed by atoms with van der Waals surface area (Å²) in [7, 11) is 1.62. The van der Waals surface area contributed by atoms with E-state index in [1.165, 1.54) is 22.9 Å². The Morgan fingerprint density at radius 1 is 1.55 bits per heavy atom. The lowest BCUT2D eigenvalue weighted by Crippen LogP contribution is -1.99. The molecule has 1 aromatic heterocycles. The molecule has 0 radical (unpaired) electrons. The van der Waals surface area contributed by atoms with E-state index in [1.54, 1.807) is 14.0 Å². The molecule has 20 heavy (non-hydrogen) atoms. The van der Waals surface area contributed by atoms with Gasteiger partial charge in [0.25, 0.3) is 0 Å². The van der Waals surface area contributed by atoms with Crippen LogP contribution in [0.4, 0.5) is 5.69 Å². The van der Waals surface area contributed by atoms with Crippen LogP contribution in [0.1, 0.15) is 11.3 Å². The fourth-order valence-corrected chi connectivity index (χ4v) is 1.98. The van der Waals surface area contributed by atoms with Gasteiger partial charge in [-0.15, -0.1) is 0 Å². The molecule has 0 amide bonds. The van der Waals surface area contributed by atoms with Gasteiger partial charge in [-0.05, 0) is 13.0 Å². The minimum Gasteiger partial charge on any atom is -0.432 e. The monoisotopic (exact) mass is 297 g/mol. The molecule has 0 spiro atoms. The van der Waals surface area contributed by atoms with Gasteiger partial charge in [-0.1, -0.05) is 11.6 Å². The highest BCUT2D eigenvalue weighted by Crippen LogP contribution is 2.35. The fourth-order valence-electron chi connectivity index (χ4n) is 1.82. The highest BCUT2D eigenvalue weighted by molar-refractivity contribution is 6.30. The Kier molecular flexibility index (Phi) is 3.91. The molecule has 106 valence electrons. The number of nitro groups is 1. The fraction of sp³-hybridized carbons (Fsp3) is 0.250. The van der Waals surface area contributed by atoms with Crippen LogP contribution in [0, 0.1) is 17.0 Å². The van der Waals surface area contributed by atoms with E-state index >= 15 is 0 Å². The van der Waals surface area contributed by atoms with Crippen molar-refractivity contribution in [1.29, 1.82) is 0 Å². The molecule has 8 heteroatoms. The SMILES string of the molecule is Cc1nn(C)c(Oc2cc(Cl)ccc2[N+](=O)[O-])c1CO. The Hall–Kier alpha value is -2.12. The predicted octanol–water partition coefficient (Wildman–Crippen LogP) is 2.57. The zero-order chi connectivity index (χ0) is 14.9. The van der Waals surface area contributed by atoms with Crippen molar-refractivity contribution in [3.8, 4) is 11.6 Å². The van der Waals surface area contributed by atoms with Crippen molar-refractivity contribution in [3.63, 3.8) is 0 Å². The standard InChI is InChI=1S/C12H12ClN3O4/c1-7-9(6-17)12(15(2)14-7)20-11-5-8(13)3-4-10(11)16(18)19/h3-5,17H,6H2,1-2H3. The van der Waals surface area contributed by atoms with Crippen LogP contribution in [-0.4, -0.2) is 19.8 Å². The molecule has 0 aliphatic heterocycles. The van der Waals surface area contributed by atoms with Crippen LogP contribution >= 0.6 is 11.6 Å². The molecule has 0 aliphatic rings. The van der Waals surface area contributed by atoms with Crippen molar-refractivity contribution < 1.29 is 14.8 Å². The molecule has 2 aromatic rings. The molecule has 0 fully saturated rings. The average molecular weight is 298 g/mol. The summed E-state index contributed by atoms with van der Waals surface area (Å²) in [6.45, 7) is 1.44. The number of hydrogen-bond acceptors (Lipinski definition) is 5. The van der Waals surface area contributed by atoms with Crippen molar-refractivity contribution in [2.24, 2.45) is 7.05 Å². The average Bonchev–Trinajstić information content (AvgIpc) is 2.63. The molecular weight excluding hydrogens is 286 g/mol. The summed E-state index contributed by atoms with van der Waals surface area (Å²) in [5.41, 5.74) is 0.855. The molecule has 1 heterocycles. The largest absolute Gasteiger partial charge is 0.432 e. The number of ether oxygens (including phenoxy) is 1. The third-order valence-corrected chi connectivity index (χ3v) is 3.01. The minimum absolute atomic E-state index is 0.000185. The second kappa shape index (κ2) is 5.48. The van der Waals surface area contributed by atoms with E-state index < -0.39 is 4.92 Å². The second-order valence-corrected chi connectivity index (χ2v) is 4.56. The van der Waals surface area contributed by atoms with Gasteiger partial charge in [-0.25, -0.2) is 4.68 Å². The summed E-state index contributed by atoms with van der Waals surface area (Å²) >= 11 is 5.83. The normalized spacial score (nSPS) is 10.6. The van der Waals surface area contributed by atoms with Crippen LogP contribution in [0.15, 0.2) is 18.2 Å². The van der Waals surface area contributed by atoms with Crippen molar-refractivity contribution in [2.75, 3.05) is 0 Å². The van der Waals surface area contributed by atoms with Crippen LogP contribution in [0.3, 0.4) is 0 Å². The maximum atomic E-state index is 11.0. The first-order valence-electron chi connectivity index (χ1n) is 5.69. The number of benzene rings is 1. The number of hydrogen-bond donors (Lipinski definition) is 1. The zero-order valence-corrected chi connectivity index (χ0v) is 11.6. The Labute approximate surface area is 119 Å². The number of rotatable bonds is 4. The zero-order valence-electron chi connectivity index (χ0n) is 10.8. The van der Waals surface area contributed by atoms with Gasteiger partial charge in [-0.3, -0.25) is 10.1 Å². The van der Waals surface area contributed by atoms with Crippen LogP contribution in [-0.2, 0) is 13.7 Å². The molecule has 7 nitrogen and oxygen atoms in total. The second-order valence-electron chi connectivity index (χ2n) is 4.12. The molecule has 1 N–H and O–H groups in total. The van der Waals surface area contributed by atoms with Crippen molar-refractivity contribution >= 4 is 17.3 Å². The Morgan fingerprint density at radius 2 is 2.25 bits per heavy atom. The van der Waals surface area contributed by atoms with E-state index in [-0.39, 0.29) is 23.9 Å². The highest BCUT2D eigenvalue weighted by atomic mass is 35.5. The van der Waals surface area contributed by atoms with Gasteiger partial charge in [0.1, 0.15) is 0 Å². The van der Waals surface area contributed by atoms with Gasteiger partial charge in [0.15, 0.2) is 0 Å². The predicted molar refractivity (Wildman–Crippen MR) is 72.0 cm³/mol. The highest BCUT2D eigenvalue weighted by Gasteiger charge is 2.21. The van der Waals surface area contributed by atoms with Gasteiger partial charge >= 0.3 is 5.69 Å². The van der Waals surface area contributed by atoms with Crippen molar-refractivity contribution in [1.82, 2.24) is 9.78 Å². The van der Waals surface area contributed by atoms with Gasteiger partial charge in [0.05, 0.1) is 22.8 Å². The van der Waals surface area contributed by atoms with E-state index in [9.17, 15) is 15.2 Å². The molecule has 0 aliphatic carbocycles. The molecule has 0 saturated heterocycles. The lowest BCUT2D eigenvalue weighted by Gasteiger charge is -2.08. The van der Waals surface area contributed by atoms with Crippen LogP contribution in [0.5, 0.6) is 11.6 Å². The lowest BCUT2D eigenvalue weighted by atomic mass is 10.2. The number of aryl methyl sites for hydroxylation is 2. The molecule has 0 saturated carbocycles. The number of aromatic nitrogens is 2. The number of halogens is 1. The number of aliphatic hydroxyl groups excluding tert-OH is 1. The Morgan fingerprint density at radius 3 is 2.85 bits per heavy atom. The third-order valence-electron chi connectivity index (χ3n) is 2.77. The van der Waals surface area contributed by atoms with E-state index in [4.69, 9.17) is 16.3 Å². The summed E-state index contributed by atoms with van der Waals surface area (Å²) < 4.78 is 6.95. The third kappa shape index (κ3) is 2.59. The number of aliphatic hydroxyl groups is 1. The van der Waals surface area contributed by atoms with Crippen LogP contribution < -0.4 is 4.74 Å². The van der Waals surface area contributed by atoms with Gasteiger partial charge < -0.3 is 9.84 Å². The Balaban J connectivity index is 2.49. The van der Waals surface area contributed by atoms with Gasteiger partial charge in [0.2, 0.25) is 11.6 Å². The molecular formula is C12H12ClN3O4. The maximum absolute atomic E-state index is 11.0. The smallest absolute Gasteiger partial charge is 0.311 e. The first-order valence-corrected chi connectivity index (χ1v) is 6.07. The molecule has 0 bridgehead atoms. The van der Waals surface area contributed by atoms with Gasteiger partial charge in [0, 0.05) is 24.2 Å². The van der Waals surface area contributed by atoms with Crippen molar-refractivity contribution in [3.05, 3.63) is 44.6 Å². The van der Waals surface area contributed by atoms with E-state index in [0.29, 0.717) is 16.3 Å². The maximum Gasteiger partial charge on any atom is 0.311 e. The lowest BCUT2D eigenvalue weighted by molar-refractivity contribution is -0.385. The molecule has 1 aromatic carbocycles. The summed E-state index contributed by atoms with van der Waals surface area (Å²) in [5, 5.41) is 24.7. The quantitative estimate of drug-likeness (QED) is 0.692. The summed E-state index contributed by atoms with van der Waals surface area (Å²) in [6, 6.07) is 4.02. The first-order chi connectivity index (χ1) is 9.43. The van der Waals surface area contributed by atoms with Crippen molar-refractivity contribution in [2.45, 2.75) is 13.5 Å². The Bertz CT molecular complexity index is 669. The van der Waals surface area contributed by atoms with Gasteiger partial charge in [-0.2, -0.15) is 5.10 Å².